The maximum atomic E-state index is 11.2. The predicted molar refractivity (Wildman–Crippen MR) is 53.9 cm³/mol. The van der Waals surface area contributed by atoms with Gasteiger partial charge in [-0.05, 0) is 6.92 Å². The van der Waals surface area contributed by atoms with Gasteiger partial charge in [-0.15, -0.1) is 0 Å². The molecule has 0 saturated carbocycles. The van der Waals surface area contributed by atoms with Gasteiger partial charge in [-0.1, -0.05) is 10.3 Å². The van der Waals surface area contributed by atoms with Crippen LogP contribution in [0.2, 0.25) is 0 Å². The number of hydrogen-bond donors (Lipinski definition) is 2. The number of rotatable bonds is 3. The Morgan fingerprint density at radius 3 is 3.00 bits per heavy atom. The SMILES string of the molecule is Cc1nonc1CN1CC(=O)NCC1C(=O)O. The average molecular weight is 240 g/mol. The Hall–Kier alpha value is -1.96. The Morgan fingerprint density at radius 1 is 1.65 bits per heavy atom. The molecule has 1 amide bonds. The van der Waals surface area contributed by atoms with Gasteiger partial charge in [-0.25, -0.2) is 4.63 Å². The van der Waals surface area contributed by atoms with E-state index in [0.29, 0.717) is 11.4 Å². The molecule has 1 atom stereocenters. The van der Waals surface area contributed by atoms with Crippen LogP contribution in [0.1, 0.15) is 11.4 Å². The fraction of sp³-hybridized carbons (Fsp3) is 0.556. The number of aromatic nitrogens is 2. The monoisotopic (exact) mass is 240 g/mol. The van der Waals surface area contributed by atoms with Crippen LogP contribution in [0.3, 0.4) is 0 Å². The van der Waals surface area contributed by atoms with Crippen LogP contribution in [0.4, 0.5) is 0 Å². The summed E-state index contributed by atoms with van der Waals surface area (Å²) in [5.74, 6) is -1.17. The molecule has 2 N–H and O–H groups in total. The minimum atomic E-state index is -0.973. The lowest BCUT2D eigenvalue weighted by Gasteiger charge is -2.31. The van der Waals surface area contributed by atoms with Crippen LogP contribution in [-0.2, 0) is 16.1 Å². The third-order valence-corrected chi connectivity index (χ3v) is 2.66. The summed E-state index contributed by atoms with van der Waals surface area (Å²) in [5.41, 5.74) is 1.14. The highest BCUT2D eigenvalue weighted by molar-refractivity contribution is 5.83. The summed E-state index contributed by atoms with van der Waals surface area (Å²) in [6, 6.07) is -0.746. The molecule has 92 valence electrons. The molecule has 8 heteroatoms. The van der Waals surface area contributed by atoms with Crippen molar-refractivity contribution >= 4 is 11.9 Å². The zero-order valence-corrected chi connectivity index (χ0v) is 9.21. The second-order valence-corrected chi connectivity index (χ2v) is 3.86. The van der Waals surface area contributed by atoms with Crippen molar-refractivity contribution in [3.8, 4) is 0 Å². The van der Waals surface area contributed by atoms with E-state index in [9.17, 15) is 9.59 Å². The van der Waals surface area contributed by atoms with E-state index in [1.54, 1.807) is 6.92 Å². The fourth-order valence-electron chi connectivity index (χ4n) is 1.69. The molecule has 0 aromatic carbocycles. The van der Waals surface area contributed by atoms with Crippen molar-refractivity contribution in [3.63, 3.8) is 0 Å². The van der Waals surface area contributed by atoms with Crippen LogP contribution in [0.15, 0.2) is 4.63 Å². The number of piperazine rings is 1. The number of nitrogens with one attached hydrogen (secondary N) is 1. The Kier molecular flexibility index (Phi) is 3.05. The lowest BCUT2D eigenvalue weighted by Crippen LogP contribution is -2.57. The first-order valence-corrected chi connectivity index (χ1v) is 5.09. The second kappa shape index (κ2) is 4.50. The number of aliphatic carboxylic acids is 1. The van der Waals surface area contributed by atoms with E-state index < -0.39 is 12.0 Å². The third kappa shape index (κ3) is 2.41. The Labute approximate surface area is 96.5 Å². The molecule has 0 radical (unpaired) electrons. The lowest BCUT2D eigenvalue weighted by molar-refractivity contribution is -0.146. The van der Waals surface area contributed by atoms with Crippen molar-refractivity contribution in [2.45, 2.75) is 19.5 Å². The third-order valence-electron chi connectivity index (χ3n) is 2.66. The molecule has 1 unspecified atom stereocenters. The molecule has 2 heterocycles. The van der Waals surface area contributed by atoms with Gasteiger partial charge in [0.2, 0.25) is 5.91 Å². The van der Waals surface area contributed by atoms with Crippen LogP contribution in [0.25, 0.3) is 0 Å². The van der Waals surface area contributed by atoms with E-state index in [1.807, 2.05) is 0 Å². The first-order chi connectivity index (χ1) is 8.08. The zero-order chi connectivity index (χ0) is 12.4. The first-order valence-electron chi connectivity index (χ1n) is 5.09. The molecule has 0 bridgehead atoms. The van der Waals surface area contributed by atoms with Gasteiger partial charge >= 0.3 is 5.97 Å². The van der Waals surface area contributed by atoms with Gasteiger partial charge in [0.15, 0.2) is 0 Å². The highest BCUT2D eigenvalue weighted by Gasteiger charge is 2.32. The molecule has 0 spiro atoms. The van der Waals surface area contributed by atoms with E-state index in [4.69, 9.17) is 5.11 Å². The lowest BCUT2D eigenvalue weighted by atomic mass is 10.1. The molecule has 1 aromatic heterocycles. The van der Waals surface area contributed by atoms with Gasteiger partial charge < -0.3 is 10.4 Å². The summed E-state index contributed by atoms with van der Waals surface area (Å²) < 4.78 is 4.53. The molecular formula is C9H12N4O4. The molecule has 1 saturated heterocycles. The summed E-state index contributed by atoms with van der Waals surface area (Å²) >= 11 is 0. The number of carboxylic acid groups (broad SMARTS) is 1. The van der Waals surface area contributed by atoms with Crippen molar-refractivity contribution in [2.24, 2.45) is 0 Å². The number of carbonyl (C=O) groups is 2. The maximum absolute atomic E-state index is 11.2. The van der Waals surface area contributed by atoms with Crippen molar-refractivity contribution in [1.82, 2.24) is 20.5 Å². The number of hydrogen-bond acceptors (Lipinski definition) is 6. The minimum absolute atomic E-state index is 0.0310. The van der Waals surface area contributed by atoms with Crippen molar-refractivity contribution in [1.29, 1.82) is 0 Å². The van der Waals surface area contributed by atoms with E-state index in [-0.39, 0.29) is 25.5 Å². The van der Waals surface area contributed by atoms with Crippen LogP contribution >= 0.6 is 0 Å². The Morgan fingerprint density at radius 2 is 2.41 bits per heavy atom. The van der Waals surface area contributed by atoms with Gasteiger partial charge in [0.1, 0.15) is 17.4 Å². The summed E-state index contributed by atoms with van der Waals surface area (Å²) in [5, 5.41) is 18.8. The van der Waals surface area contributed by atoms with Gasteiger partial charge in [-0.3, -0.25) is 14.5 Å². The Bertz CT molecular complexity index is 444. The molecular weight excluding hydrogens is 228 g/mol. The standard InChI is InChI=1S/C9H12N4O4/c1-5-6(12-17-11-5)3-13-4-8(14)10-2-7(13)9(15)16/h7H,2-4H2,1H3,(H,10,14)(H,15,16). The highest BCUT2D eigenvalue weighted by Crippen LogP contribution is 2.11. The summed E-state index contributed by atoms with van der Waals surface area (Å²) in [7, 11) is 0. The molecule has 1 aliphatic heterocycles. The zero-order valence-electron chi connectivity index (χ0n) is 9.21. The molecule has 8 nitrogen and oxygen atoms in total. The molecule has 1 aliphatic rings. The number of amides is 1. The van der Waals surface area contributed by atoms with Crippen LogP contribution < -0.4 is 5.32 Å². The fourth-order valence-corrected chi connectivity index (χ4v) is 1.69. The Balaban J connectivity index is 2.13. The minimum Gasteiger partial charge on any atom is -0.480 e. The topological polar surface area (TPSA) is 109 Å². The molecule has 0 aliphatic carbocycles. The van der Waals surface area contributed by atoms with E-state index in [2.05, 4.69) is 20.3 Å². The summed E-state index contributed by atoms with van der Waals surface area (Å²) in [6.45, 7) is 2.08. The smallest absolute Gasteiger partial charge is 0.322 e. The molecule has 17 heavy (non-hydrogen) atoms. The summed E-state index contributed by atoms with van der Waals surface area (Å²) in [6.07, 6.45) is 0. The number of aryl methyl sites for hydroxylation is 1. The second-order valence-electron chi connectivity index (χ2n) is 3.86. The number of carbonyl (C=O) groups excluding carboxylic acids is 1. The molecule has 1 fully saturated rings. The highest BCUT2D eigenvalue weighted by atomic mass is 16.6. The van der Waals surface area contributed by atoms with E-state index in [0.717, 1.165) is 0 Å². The average Bonchev–Trinajstić information content (AvgIpc) is 2.64. The molecule has 1 aromatic rings. The van der Waals surface area contributed by atoms with E-state index >= 15 is 0 Å². The number of carboxylic acids is 1. The predicted octanol–water partition coefficient (Wildman–Crippen LogP) is -1.24. The summed E-state index contributed by atoms with van der Waals surface area (Å²) in [4.78, 5) is 23.8. The van der Waals surface area contributed by atoms with Gasteiger partial charge in [0, 0.05) is 13.1 Å². The largest absolute Gasteiger partial charge is 0.480 e. The van der Waals surface area contributed by atoms with Crippen molar-refractivity contribution in [3.05, 3.63) is 11.4 Å². The molecule has 2 rings (SSSR count). The van der Waals surface area contributed by atoms with E-state index in [1.165, 1.54) is 4.90 Å². The van der Waals surface area contributed by atoms with Gasteiger partial charge in [0.25, 0.3) is 0 Å². The first kappa shape index (κ1) is 11.5. The normalized spacial score (nSPS) is 21.2. The van der Waals surface area contributed by atoms with Crippen molar-refractivity contribution in [2.75, 3.05) is 13.1 Å². The number of nitrogens with zero attached hydrogens (tertiary/aromatic N) is 3. The van der Waals surface area contributed by atoms with Crippen LogP contribution in [0, 0.1) is 6.92 Å². The van der Waals surface area contributed by atoms with Gasteiger partial charge in [-0.2, -0.15) is 0 Å². The quantitative estimate of drug-likeness (QED) is 0.680. The van der Waals surface area contributed by atoms with Gasteiger partial charge in [0.05, 0.1) is 6.54 Å². The maximum Gasteiger partial charge on any atom is 0.322 e. The van der Waals surface area contributed by atoms with Crippen molar-refractivity contribution < 1.29 is 19.3 Å². The van der Waals surface area contributed by atoms with Crippen LogP contribution in [0.5, 0.6) is 0 Å². The van der Waals surface area contributed by atoms with Crippen LogP contribution in [-0.4, -0.2) is 51.3 Å².